The highest BCUT2D eigenvalue weighted by Crippen LogP contribution is 2.21. The lowest BCUT2D eigenvalue weighted by atomic mass is 9.91. The Morgan fingerprint density at radius 1 is 1.40 bits per heavy atom. The predicted octanol–water partition coefficient (Wildman–Crippen LogP) is 2.29. The van der Waals surface area contributed by atoms with E-state index in [0.29, 0.717) is 18.4 Å². The molecule has 4 heteroatoms. The van der Waals surface area contributed by atoms with Crippen LogP contribution in [-0.4, -0.2) is 50.2 Å². The van der Waals surface area contributed by atoms with Gasteiger partial charge in [-0.05, 0) is 44.2 Å². The van der Waals surface area contributed by atoms with Gasteiger partial charge in [0.2, 0.25) is 0 Å². The van der Waals surface area contributed by atoms with Crippen molar-refractivity contribution in [2.45, 2.75) is 52.5 Å². The van der Waals surface area contributed by atoms with Gasteiger partial charge in [-0.15, -0.1) is 0 Å². The largest absolute Gasteiger partial charge is 0.469 e. The van der Waals surface area contributed by atoms with Crippen LogP contribution in [0.25, 0.3) is 0 Å². The molecule has 1 N–H and O–H groups in total. The Labute approximate surface area is 124 Å². The van der Waals surface area contributed by atoms with Gasteiger partial charge in [0.1, 0.15) is 0 Å². The van der Waals surface area contributed by atoms with Gasteiger partial charge in [-0.2, -0.15) is 0 Å². The maximum atomic E-state index is 11.5. The first-order valence-corrected chi connectivity index (χ1v) is 8.07. The highest BCUT2D eigenvalue weighted by molar-refractivity contribution is 5.69. The van der Waals surface area contributed by atoms with Crippen molar-refractivity contribution in [1.82, 2.24) is 10.2 Å². The van der Waals surface area contributed by atoms with Crippen LogP contribution >= 0.6 is 0 Å². The second kappa shape index (κ2) is 9.35. The summed E-state index contributed by atoms with van der Waals surface area (Å²) in [6.07, 6.45) is 4.03. The third-order valence-electron chi connectivity index (χ3n) is 3.99. The molecule has 0 amide bonds. The molecule has 0 bridgehead atoms. The van der Waals surface area contributed by atoms with E-state index in [9.17, 15) is 4.79 Å². The summed E-state index contributed by atoms with van der Waals surface area (Å²) in [6.45, 7) is 11.1. The molecule has 118 valence electrons. The van der Waals surface area contributed by atoms with Gasteiger partial charge >= 0.3 is 5.97 Å². The SMILES string of the molecule is CCCN1CC(CC(=O)OC)CC(NCCC(C)C)C1. The Morgan fingerprint density at radius 3 is 2.75 bits per heavy atom. The van der Waals surface area contributed by atoms with Crippen molar-refractivity contribution < 1.29 is 9.53 Å². The molecule has 1 saturated heterocycles. The number of piperidine rings is 1. The van der Waals surface area contributed by atoms with Gasteiger partial charge in [0.25, 0.3) is 0 Å². The van der Waals surface area contributed by atoms with Gasteiger partial charge in [-0.25, -0.2) is 0 Å². The molecule has 20 heavy (non-hydrogen) atoms. The highest BCUT2D eigenvalue weighted by atomic mass is 16.5. The molecule has 2 atom stereocenters. The van der Waals surface area contributed by atoms with Crippen LogP contribution in [0.15, 0.2) is 0 Å². The third-order valence-corrected chi connectivity index (χ3v) is 3.99. The van der Waals surface area contributed by atoms with Crippen molar-refractivity contribution in [2.75, 3.05) is 33.3 Å². The van der Waals surface area contributed by atoms with Crippen molar-refractivity contribution in [3.63, 3.8) is 0 Å². The van der Waals surface area contributed by atoms with E-state index in [4.69, 9.17) is 4.74 Å². The van der Waals surface area contributed by atoms with Crippen LogP contribution < -0.4 is 5.32 Å². The summed E-state index contributed by atoms with van der Waals surface area (Å²) in [6, 6.07) is 0.517. The quantitative estimate of drug-likeness (QED) is 0.694. The monoisotopic (exact) mass is 284 g/mol. The predicted molar refractivity (Wildman–Crippen MR) is 82.7 cm³/mol. The second-order valence-corrected chi connectivity index (χ2v) is 6.48. The zero-order valence-electron chi connectivity index (χ0n) is 13.7. The average molecular weight is 284 g/mol. The number of carbonyl (C=O) groups excluding carboxylic acids is 1. The van der Waals surface area contributed by atoms with Gasteiger partial charge in [0.15, 0.2) is 0 Å². The molecule has 0 aromatic heterocycles. The number of esters is 1. The number of nitrogens with zero attached hydrogens (tertiary/aromatic N) is 1. The Bertz CT molecular complexity index is 282. The molecule has 0 radical (unpaired) electrons. The summed E-state index contributed by atoms with van der Waals surface area (Å²) in [5.74, 6) is 1.09. The number of ether oxygens (including phenoxy) is 1. The molecule has 0 aromatic rings. The van der Waals surface area contributed by atoms with E-state index in [0.717, 1.165) is 38.5 Å². The van der Waals surface area contributed by atoms with E-state index < -0.39 is 0 Å². The van der Waals surface area contributed by atoms with Crippen LogP contribution in [-0.2, 0) is 9.53 Å². The van der Waals surface area contributed by atoms with Crippen molar-refractivity contribution in [3.8, 4) is 0 Å². The summed E-state index contributed by atoms with van der Waals surface area (Å²) in [5, 5.41) is 3.67. The average Bonchev–Trinajstić information content (AvgIpc) is 2.38. The maximum absolute atomic E-state index is 11.5. The summed E-state index contributed by atoms with van der Waals surface area (Å²) < 4.78 is 4.82. The first kappa shape index (κ1) is 17.4. The Kier molecular flexibility index (Phi) is 8.15. The van der Waals surface area contributed by atoms with Gasteiger partial charge in [-0.1, -0.05) is 20.8 Å². The van der Waals surface area contributed by atoms with Crippen LogP contribution in [0.3, 0.4) is 0 Å². The van der Waals surface area contributed by atoms with Crippen LogP contribution in [0.2, 0.25) is 0 Å². The van der Waals surface area contributed by atoms with Crippen LogP contribution in [0, 0.1) is 11.8 Å². The summed E-state index contributed by atoms with van der Waals surface area (Å²) in [7, 11) is 1.48. The standard InChI is InChI=1S/C16H32N2O2/c1-5-8-18-11-14(10-16(19)20-4)9-15(12-18)17-7-6-13(2)3/h13-15,17H,5-12H2,1-4H3. The Balaban J connectivity index is 2.45. The Morgan fingerprint density at radius 2 is 2.15 bits per heavy atom. The molecule has 1 fully saturated rings. The third kappa shape index (κ3) is 6.71. The van der Waals surface area contributed by atoms with Crippen molar-refractivity contribution in [3.05, 3.63) is 0 Å². The lowest BCUT2D eigenvalue weighted by molar-refractivity contribution is -0.142. The fourth-order valence-electron chi connectivity index (χ4n) is 2.99. The van der Waals surface area contributed by atoms with E-state index in [2.05, 4.69) is 31.0 Å². The number of rotatable bonds is 8. The number of hydrogen-bond acceptors (Lipinski definition) is 4. The van der Waals surface area contributed by atoms with Crippen LogP contribution in [0.1, 0.15) is 46.5 Å². The Hall–Kier alpha value is -0.610. The number of methoxy groups -OCH3 is 1. The summed E-state index contributed by atoms with van der Waals surface area (Å²) in [4.78, 5) is 14.0. The number of nitrogens with one attached hydrogen (secondary N) is 1. The maximum Gasteiger partial charge on any atom is 0.305 e. The zero-order chi connectivity index (χ0) is 15.0. The molecule has 0 aromatic carbocycles. The minimum atomic E-state index is -0.0747. The molecule has 1 rings (SSSR count). The van der Waals surface area contributed by atoms with E-state index >= 15 is 0 Å². The molecular formula is C16H32N2O2. The summed E-state index contributed by atoms with van der Waals surface area (Å²) >= 11 is 0. The first-order valence-electron chi connectivity index (χ1n) is 8.07. The smallest absolute Gasteiger partial charge is 0.305 e. The van der Waals surface area contributed by atoms with Crippen LogP contribution in [0.4, 0.5) is 0 Å². The molecule has 2 unspecified atom stereocenters. The molecular weight excluding hydrogens is 252 g/mol. The second-order valence-electron chi connectivity index (χ2n) is 6.48. The fraction of sp³-hybridized carbons (Fsp3) is 0.938. The molecule has 0 saturated carbocycles. The summed E-state index contributed by atoms with van der Waals surface area (Å²) in [5.41, 5.74) is 0. The van der Waals surface area contributed by atoms with Gasteiger partial charge in [-0.3, -0.25) is 4.79 Å². The lowest BCUT2D eigenvalue weighted by Gasteiger charge is -2.38. The van der Waals surface area contributed by atoms with E-state index in [1.807, 2.05) is 0 Å². The van der Waals surface area contributed by atoms with E-state index in [1.54, 1.807) is 0 Å². The molecule has 1 aliphatic heterocycles. The van der Waals surface area contributed by atoms with Crippen molar-refractivity contribution in [1.29, 1.82) is 0 Å². The van der Waals surface area contributed by atoms with Gasteiger partial charge in [0.05, 0.1) is 7.11 Å². The van der Waals surface area contributed by atoms with Gasteiger partial charge in [0, 0.05) is 25.6 Å². The van der Waals surface area contributed by atoms with Crippen molar-refractivity contribution >= 4 is 5.97 Å². The van der Waals surface area contributed by atoms with E-state index in [1.165, 1.54) is 20.0 Å². The molecule has 1 heterocycles. The number of likely N-dealkylation sites (tertiary alicyclic amines) is 1. The topological polar surface area (TPSA) is 41.6 Å². The van der Waals surface area contributed by atoms with Crippen LogP contribution in [0.5, 0.6) is 0 Å². The zero-order valence-corrected chi connectivity index (χ0v) is 13.7. The van der Waals surface area contributed by atoms with Gasteiger partial charge < -0.3 is 15.0 Å². The number of hydrogen-bond donors (Lipinski definition) is 1. The lowest BCUT2D eigenvalue weighted by Crippen LogP contribution is -2.50. The normalized spacial score (nSPS) is 24.1. The molecule has 0 aliphatic carbocycles. The molecule has 4 nitrogen and oxygen atoms in total. The first-order chi connectivity index (χ1) is 9.55. The fourth-order valence-corrected chi connectivity index (χ4v) is 2.99. The molecule has 0 spiro atoms. The highest BCUT2D eigenvalue weighted by Gasteiger charge is 2.28. The van der Waals surface area contributed by atoms with Crippen molar-refractivity contribution in [2.24, 2.45) is 11.8 Å². The molecule has 1 aliphatic rings. The van der Waals surface area contributed by atoms with E-state index in [-0.39, 0.29) is 5.97 Å². The number of carbonyl (C=O) groups is 1. The minimum Gasteiger partial charge on any atom is -0.469 e. The minimum absolute atomic E-state index is 0.0747.